The van der Waals surface area contributed by atoms with Gasteiger partial charge in [0.25, 0.3) is 0 Å². The summed E-state index contributed by atoms with van der Waals surface area (Å²) in [5.41, 5.74) is 0. The van der Waals surface area contributed by atoms with Gasteiger partial charge in [0.05, 0.1) is 12.6 Å². The van der Waals surface area contributed by atoms with E-state index >= 15 is 0 Å². The number of unbranched alkanes of at least 4 members (excludes halogenated alkanes) is 1. The maximum absolute atomic E-state index is 10.4. The van der Waals surface area contributed by atoms with E-state index in [2.05, 4.69) is 22.5 Å². The number of guanidine groups is 1. The van der Waals surface area contributed by atoms with Crippen LogP contribution in [0.1, 0.15) is 33.6 Å². The number of nitrogens with one attached hydrogen (secondary N) is 2. The lowest BCUT2D eigenvalue weighted by Gasteiger charge is -2.26. The molecule has 8 heteroatoms. The standard InChI is InChI=1S/C14H25N3O4.ClH/c1-4-5-6-15-13-16-7-8(17-13)10-9(18)11-12(19-10)21-14(2,3)20-11;/h8-12,18H,4-7H2,1-3H3,(H2,15,16,17);1H/t8-,9+,10+,11-,12-;/m1./s1. The Morgan fingerprint density at radius 2 is 2.14 bits per heavy atom. The van der Waals surface area contributed by atoms with Gasteiger partial charge < -0.3 is 30.0 Å². The Balaban J connectivity index is 0.00000176. The first-order valence-corrected chi connectivity index (χ1v) is 7.74. The van der Waals surface area contributed by atoms with Gasteiger partial charge in [-0.15, -0.1) is 12.4 Å². The summed E-state index contributed by atoms with van der Waals surface area (Å²) >= 11 is 0. The van der Waals surface area contributed by atoms with E-state index in [4.69, 9.17) is 14.2 Å². The third-order valence-corrected chi connectivity index (χ3v) is 4.04. The van der Waals surface area contributed by atoms with Crippen molar-refractivity contribution in [2.45, 2.75) is 70.0 Å². The molecule has 3 N–H and O–H groups in total. The average molecular weight is 336 g/mol. The number of ether oxygens (including phenoxy) is 3. The molecule has 3 heterocycles. The lowest BCUT2D eigenvalue weighted by atomic mass is 10.0. The fourth-order valence-corrected chi connectivity index (χ4v) is 2.98. The molecule has 3 aliphatic heterocycles. The molecule has 0 spiro atoms. The highest BCUT2D eigenvalue weighted by atomic mass is 35.5. The summed E-state index contributed by atoms with van der Waals surface area (Å²) in [5, 5.41) is 16.9. The van der Waals surface area contributed by atoms with Gasteiger partial charge in [0.15, 0.2) is 18.0 Å². The molecule has 3 rings (SSSR count). The lowest BCUT2D eigenvalue weighted by molar-refractivity contribution is -0.217. The van der Waals surface area contributed by atoms with Crippen LogP contribution in [0.15, 0.2) is 4.99 Å². The fraction of sp³-hybridized carbons (Fsp3) is 0.929. The number of halogens is 1. The lowest BCUT2D eigenvalue weighted by Crippen LogP contribution is -2.50. The zero-order valence-electron chi connectivity index (χ0n) is 13.2. The molecule has 7 nitrogen and oxygen atoms in total. The Bertz CT molecular complexity index is 421. The normalized spacial score (nSPS) is 38.9. The number of hydrogen-bond acceptors (Lipinski definition) is 7. The topological polar surface area (TPSA) is 84.3 Å². The number of fused-ring (bicyclic) bond motifs is 1. The third kappa shape index (κ3) is 3.49. The Morgan fingerprint density at radius 1 is 1.36 bits per heavy atom. The monoisotopic (exact) mass is 335 g/mol. The molecule has 128 valence electrons. The molecule has 0 unspecified atom stereocenters. The smallest absolute Gasteiger partial charge is 0.191 e. The minimum absolute atomic E-state index is 0. The van der Waals surface area contributed by atoms with Crippen LogP contribution in [-0.4, -0.2) is 60.6 Å². The summed E-state index contributed by atoms with van der Waals surface area (Å²) in [6, 6.07) is -0.0509. The molecule has 2 saturated heterocycles. The van der Waals surface area contributed by atoms with E-state index < -0.39 is 24.3 Å². The fourth-order valence-electron chi connectivity index (χ4n) is 2.98. The first-order valence-electron chi connectivity index (χ1n) is 7.74. The van der Waals surface area contributed by atoms with E-state index in [-0.39, 0.29) is 24.6 Å². The molecule has 0 aromatic rings. The van der Waals surface area contributed by atoms with Crippen molar-refractivity contribution < 1.29 is 19.3 Å². The molecule has 5 atom stereocenters. The Labute approximate surface area is 137 Å². The van der Waals surface area contributed by atoms with Crippen molar-refractivity contribution >= 4 is 18.4 Å². The highest BCUT2D eigenvalue weighted by Gasteiger charge is 2.56. The van der Waals surface area contributed by atoms with E-state index in [0.29, 0.717) is 6.54 Å². The molecule has 0 saturated carbocycles. The minimum atomic E-state index is -0.709. The summed E-state index contributed by atoms with van der Waals surface area (Å²) < 4.78 is 17.2. The second kappa shape index (κ2) is 6.88. The van der Waals surface area contributed by atoms with E-state index in [1.807, 2.05) is 13.8 Å². The summed E-state index contributed by atoms with van der Waals surface area (Å²) in [6.45, 7) is 7.28. The maximum atomic E-state index is 10.4. The highest BCUT2D eigenvalue weighted by Crippen LogP contribution is 2.38. The number of aliphatic imine (C=N–C) groups is 1. The summed E-state index contributed by atoms with van der Waals surface area (Å²) in [4.78, 5) is 4.41. The van der Waals surface area contributed by atoms with Crippen molar-refractivity contribution in [1.29, 1.82) is 0 Å². The van der Waals surface area contributed by atoms with Crippen LogP contribution < -0.4 is 10.6 Å². The summed E-state index contributed by atoms with van der Waals surface area (Å²) in [5.74, 6) is 0.0804. The van der Waals surface area contributed by atoms with Crippen molar-refractivity contribution in [2.75, 3.05) is 13.1 Å². The minimum Gasteiger partial charge on any atom is -0.387 e. The van der Waals surface area contributed by atoms with Gasteiger partial charge in [-0.05, 0) is 20.3 Å². The van der Waals surface area contributed by atoms with E-state index in [0.717, 1.165) is 25.3 Å². The summed E-state index contributed by atoms with van der Waals surface area (Å²) in [7, 11) is 0. The second-order valence-corrected chi connectivity index (χ2v) is 6.28. The molecular weight excluding hydrogens is 310 g/mol. The summed E-state index contributed by atoms with van der Waals surface area (Å²) in [6.07, 6.45) is 0.240. The molecule has 0 aromatic carbocycles. The third-order valence-electron chi connectivity index (χ3n) is 4.04. The van der Waals surface area contributed by atoms with Gasteiger partial charge in [0.1, 0.15) is 18.3 Å². The van der Waals surface area contributed by atoms with E-state index in [9.17, 15) is 5.11 Å². The van der Waals surface area contributed by atoms with Crippen LogP contribution in [0.25, 0.3) is 0 Å². The molecule has 0 amide bonds. The van der Waals surface area contributed by atoms with Crippen molar-refractivity contribution in [3.8, 4) is 0 Å². The molecule has 3 aliphatic rings. The molecule has 0 aliphatic carbocycles. The van der Waals surface area contributed by atoms with Gasteiger partial charge >= 0.3 is 0 Å². The Kier molecular flexibility index (Phi) is 5.55. The Hall–Kier alpha value is -0.600. The SMILES string of the molecule is CCCCNC1=NC[C@H]([C@@H]2O[C@@H]3OC(C)(C)O[C@@H]3[C@H]2O)N1.Cl. The van der Waals surface area contributed by atoms with Crippen LogP contribution in [0.5, 0.6) is 0 Å². The maximum Gasteiger partial charge on any atom is 0.191 e. The zero-order chi connectivity index (χ0) is 15.0. The molecule has 0 radical (unpaired) electrons. The van der Waals surface area contributed by atoms with Crippen LogP contribution in [0.4, 0.5) is 0 Å². The largest absolute Gasteiger partial charge is 0.387 e. The number of hydrogen-bond donors (Lipinski definition) is 3. The van der Waals surface area contributed by atoms with Crippen LogP contribution in [0, 0.1) is 0 Å². The Morgan fingerprint density at radius 3 is 2.82 bits per heavy atom. The zero-order valence-corrected chi connectivity index (χ0v) is 14.1. The predicted octanol–water partition coefficient (Wildman–Crippen LogP) is 0.363. The van der Waals surface area contributed by atoms with Gasteiger partial charge in [0.2, 0.25) is 0 Å². The first kappa shape index (κ1) is 17.7. The van der Waals surface area contributed by atoms with Gasteiger partial charge in [-0.1, -0.05) is 13.3 Å². The van der Waals surface area contributed by atoms with Crippen LogP contribution in [0.2, 0.25) is 0 Å². The number of aliphatic hydroxyl groups is 1. The average Bonchev–Trinajstić information content (AvgIpc) is 3.06. The molecule has 0 aromatic heterocycles. The van der Waals surface area contributed by atoms with Crippen molar-refractivity contribution in [2.24, 2.45) is 4.99 Å². The molecule has 22 heavy (non-hydrogen) atoms. The highest BCUT2D eigenvalue weighted by molar-refractivity contribution is 5.85. The molecule has 0 bridgehead atoms. The molecular formula is C14H26ClN3O4. The van der Waals surface area contributed by atoms with Gasteiger partial charge in [-0.25, -0.2) is 0 Å². The first-order chi connectivity index (χ1) is 10.00. The van der Waals surface area contributed by atoms with E-state index in [1.54, 1.807) is 0 Å². The van der Waals surface area contributed by atoms with Crippen molar-refractivity contribution in [3.63, 3.8) is 0 Å². The van der Waals surface area contributed by atoms with Gasteiger partial charge in [-0.2, -0.15) is 0 Å². The van der Waals surface area contributed by atoms with Gasteiger partial charge in [-0.3, -0.25) is 4.99 Å². The van der Waals surface area contributed by atoms with Crippen LogP contribution in [-0.2, 0) is 14.2 Å². The number of rotatable bonds is 4. The van der Waals surface area contributed by atoms with Gasteiger partial charge in [0, 0.05) is 6.54 Å². The second-order valence-electron chi connectivity index (χ2n) is 6.28. The van der Waals surface area contributed by atoms with Crippen molar-refractivity contribution in [3.05, 3.63) is 0 Å². The molecule has 2 fully saturated rings. The predicted molar refractivity (Wildman–Crippen MR) is 84.1 cm³/mol. The number of aliphatic hydroxyl groups excluding tert-OH is 1. The van der Waals surface area contributed by atoms with Crippen LogP contribution in [0.3, 0.4) is 0 Å². The van der Waals surface area contributed by atoms with Crippen molar-refractivity contribution in [1.82, 2.24) is 10.6 Å². The van der Waals surface area contributed by atoms with Crippen LogP contribution >= 0.6 is 12.4 Å². The number of nitrogens with zero attached hydrogens (tertiary/aromatic N) is 1. The quantitative estimate of drug-likeness (QED) is 0.643. The van der Waals surface area contributed by atoms with E-state index in [1.165, 1.54) is 0 Å².